The van der Waals surface area contributed by atoms with Gasteiger partial charge in [-0.2, -0.15) is 0 Å². The average Bonchev–Trinajstić information content (AvgIpc) is 3.26. The van der Waals surface area contributed by atoms with Gasteiger partial charge in [0, 0.05) is 17.8 Å². The van der Waals surface area contributed by atoms with Crippen LogP contribution >= 0.6 is 0 Å². The number of rotatable bonds is 4. The van der Waals surface area contributed by atoms with Gasteiger partial charge in [-0.3, -0.25) is 14.4 Å². The number of nitrogens with one attached hydrogen (secondary N) is 1. The van der Waals surface area contributed by atoms with E-state index in [-0.39, 0.29) is 17.6 Å². The van der Waals surface area contributed by atoms with Crippen molar-refractivity contribution in [2.45, 2.75) is 18.9 Å². The Bertz CT molecular complexity index is 770. The lowest BCUT2D eigenvalue weighted by Crippen LogP contribution is -2.43. The van der Waals surface area contributed by atoms with Crippen LogP contribution in [-0.2, 0) is 4.79 Å². The first-order chi connectivity index (χ1) is 11.6. The monoisotopic (exact) mass is 327 g/mol. The van der Waals surface area contributed by atoms with Crippen molar-refractivity contribution < 1.29 is 18.8 Å². The SMILES string of the molecule is NC(=O)c1cccc(NC(=O)[C@H]2CCCN2C(=O)c2ccco2)c1. The first-order valence-electron chi connectivity index (χ1n) is 7.61. The van der Waals surface area contributed by atoms with E-state index in [1.807, 2.05) is 0 Å². The highest BCUT2D eigenvalue weighted by atomic mass is 16.3. The molecule has 0 radical (unpaired) electrons. The van der Waals surface area contributed by atoms with E-state index < -0.39 is 11.9 Å². The number of nitrogens with two attached hydrogens (primary N) is 1. The third-order valence-electron chi connectivity index (χ3n) is 3.96. The summed E-state index contributed by atoms with van der Waals surface area (Å²) in [6.45, 7) is 0.499. The smallest absolute Gasteiger partial charge is 0.290 e. The minimum absolute atomic E-state index is 0.213. The van der Waals surface area contributed by atoms with E-state index in [9.17, 15) is 14.4 Å². The molecule has 1 aromatic carbocycles. The highest BCUT2D eigenvalue weighted by Gasteiger charge is 2.35. The Labute approximate surface area is 138 Å². The van der Waals surface area contributed by atoms with E-state index in [4.69, 9.17) is 10.2 Å². The van der Waals surface area contributed by atoms with Gasteiger partial charge in [0.15, 0.2) is 5.76 Å². The van der Waals surface area contributed by atoms with Gasteiger partial charge in [0.05, 0.1) is 6.26 Å². The number of likely N-dealkylation sites (tertiary alicyclic amines) is 1. The Hall–Kier alpha value is -3.09. The number of carbonyl (C=O) groups excluding carboxylic acids is 3. The molecule has 24 heavy (non-hydrogen) atoms. The molecule has 1 atom stereocenters. The molecular weight excluding hydrogens is 310 g/mol. The van der Waals surface area contributed by atoms with Gasteiger partial charge in [-0.05, 0) is 43.2 Å². The Morgan fingerprint density at radius 2 is 2.04 bits per heavy atom. The summed E-state index contributed by atoms with van der Waals surface area (Å²) in [5, 5.41) is 2.74. The molecule has 2 aromatic rings. The molecule has 3 amide bonds. The van der Waals surface area contributed by atoms with Crippen LogP contribution in [0.15, 0.2) is 47.1 Å². The number of furan rings is 1. The van der Waals surface area contributed by atoms with E-state index in [1.165, 1.54) is 17.2 Å². The summed E-state index contributed by atoms with van der Waals surface area (Å²) < 4.78 is 5.12. The standard InChI is InChI=1S/C17H17N3O4/c18-15(21)11-4-1-5-12(10-11)19-16(22)13-6-2-8-20(13)17(23)14-7-3-9-24-14/h1,3-5,7,9-10,13H,2,6,8H2,(H2,18,21)(H,19,22)/t13-/m1/s1. The molecule has 3 rings (SSSR count). The number of primary amides is 1. The van der Waals surface area contributed by atoms with Crippen molar-refractivity contribution in [1.82, 2.24) is 4.90 Å². The maximum absolute atomic E-state index is 12.5. The fourth-order valence-electron chi connectivity index (χ4n) is 2.80. The lowest BCUT2D eigenvalue weighted by molar-refractivity contribution is -0.119. The number of amides is 3. The second-order valence-corrected chi connectivity index (χ2v) is 5.57. The summed E-state index contributed by atoms with van der Waals surface area (Å²) >= 11 is 0. The van der Waals surface area contributed by atoms with Gasteiger partial charge in [-0.15, -0.1) is 0 Å². The van der Waals surface area contributed by atoms with Gasteiger partial charge < -0.3 is 20.4 Å². The zero-order valence-electron chi connectivity index (χ0n) is 12.9. The first-order valence-corrected chi connectivity index (χ1v) is 7.61. The molecule has 1 saturated heterocycles. The second kappa shape index (κ2) is 6.57. The molecule has 2 heterocycles. The first kappa shape index (κ1) is 15.8. The lowest BCUT2D eigenvalue weighted by atomic mass is 10.1. The molecule has 0 saturated carbocycles. The van der Waals surface area contributed by atoms with Crippen LogP contribution in [0.2, 0.25) is 0 Å². The predicted octanol–water partition coefficient (Wildman–Crippen LogP) is 1.62. The molecule has 7 nitrogen and oxygen atoms in total. The van der Waals surface area contributed by atoms with E-state index in [0.717, 1.165) is 6.42 Å². The highest BCUT2D eigenvalue weighted by Crippen LogP contribution is 2.22. The normalized spacial score (nSPS) is 16.8. The predicted molar refractivity (Wildman–Crippen MR) is 86.4 cm³/mol. The molecule has 0 bridgehead atoms. The quantitative estimate of drug-likeness (QED) is 0.890. The summed E-state index contributed by atoms with van der Waals surface area (Å²) in [6, 6.07) is 9.02. The molecule has 1 aromatic heterocycles. The molecule has 1 aliphatic rings. The number of anilines is 1. The van der Waals surface area contributed by atoms with E-state index in [1.54, 1.807) is 30.3 Å². The number of carbonyl (C=O) groups is 3. The number of benzene rings is 1. The van der Waals surface area contributed by atoms with Crippen molar-refractivity contribution in [1.29, 1.82) is 0 Å². The maximum atomic E-state index is 12.5. The second-order valence-electron chi connectivity index (χ2n) is 5.57. The van der Waals surface area contributed by atoms with Crippen LogP contribution in [-0.4, -0.2) is 35.2 Å². The summed E-state index contributed by atoms with van der Waals surface area (Å²) in [7, 11) is 0. The van der Waals surface area contributed by atoms with Crippen LogP contribution in [0.5, 0.6) is 0 Å². The molecule has 0 spiro atoms. The van der Waals surface area contributed by atoms with E-state index in [0.29, 0.717) is 24.2 Å². The van der Waals surface area contributed by atoms with Crippen molar-refractivity contribution in [3.8, 4) is 0 Å². The zero-order chi connectivity index (χ0) is 17.1. The topological polar surface area (TPSA) is 106 Å². The van der Waals surface area contributed by atoms with Crippen molar-refractivity contribution in [3.05, 3.63) is 54.0 Å². The van der Waals surface area contributed by atoms with Crippen LogP contribution < -0.4 is 11.1 Å². The molecule has 0 unspecified atom stereocenters. The molecule has 1 fully saturated rings. The van der Waals surface area contributed by atoms with Gasteiger partial charge in [0.2, 0.25) is 11.8 Å². The molecule has 1 aliphatic heterocycles. The van der Waals surface area contributed by atoms with E-state index in [2.05, 4.69) is 5.32 Å². The molecule has 3 N–H and O–H groups in total. The molecule has 7 heteroatoms. The zero-order valence-corrected chi connectivity index (χ0v) is 12.9. The Morgan fingerprint density at radius 1 is 1.21 bits per heavy atom. The number of hydrogen-bond acceptors (Lipinski definition) is 4. The summed E-state index contributed by atoms with van der Waals surface area (Å²) in [4.78, 5) is 37.7. The summed E-state index contributed by atoms with van der Waals surface area (Å²) in [5.74, 6) is -0.954. The van der Waals surface area contributed by atoms with Gasteiger partial charge in [-0.1, -0.05) is 6.07 Å². The van der Waals surface area contributed by atoms with Gasteiger partial charge in [0.1, 0.15) is 6.04 Å². The minimum atomic E-state index is -0.570. The maximum Gasteiger partial charge on any atom is 0.290 e. The lowest BCUT2D eigenvalue weighted by Gasteiger charge is -2.23. The van der Waals surface area contributed by atoms with Gasteiger partial charge in [-0.25, -0.2) is 0 Å². The fraction of sp³-hybridized carbons (Fsp3) is 0.235. The van der Waals surface area contributed by atoms with Crippen molar-refractivity contribution in [3.63, 3.8) is 0 Å². The third-order valence-corrected chi connectivity index (χ3v) is 3.96. The van der Waals surface area contributed by atoms with Gasteiger partial charge >= 0.3 is 0 Å². The number of nitrogens with zero attached hydrogens (tertiary/aromatic N) is 1. The average molecular weight is 327 g/mol. The van der Waals surface area contributed by atoms with Crippen molar-refractivity contribution in [2.24, 2.45) is 5.73 Å². The van der Waals surface area contributed by atoms with Crippen LogP contribution in [0.1, 0.15) is 33.8 Å². The van der Waals surface area contributed by atoms with Crippen LogP contribution in [0.25, 0.3) is 0 Å². The van der Waals surface area contributed by atoms with Crippen molar-refractivity contribution >= 4 is 23.4 Å². The van der Waals surface area contributed by atoms with E-state index >= 15 is 0 Å². The highest BCUT2D eigenvalue weighted by molar-refractivity contribution is 6.01. The minimum Gasteiger partial charge on any atom is -0.459 e. The largest absolute Gasteiger partial charge is 0.459 e. The Morgan fingerprint density at radius 3 is 2.75 bits per heavy atom. The summed E-state index contributed by atoms with van der Waals surface area (Å²) in [5.41, 5.74) is 6.01. The fourth-order valence-corrected chi connectivity index (χ4v) is 2.80. The van der Waals surface area contributed by atoms with Crippen LogP contribution in [0.3, 0.4) is 0 Å². The molecular formula is C17H17N3O4. The third kappa shape index (κ3) is 3.15. The van der Waals surface area contributed by atoms with Gasteiger partial charge in [0.25, 0.3) is 5.91 Å². The molecule has 0 aliphatic carbocycles. The summed E-state index contributed by atoms with van der Waals surface area (Å²) in [6.07, 6.45) is 2.74. The Balaban J connectivity index is 1.73. The van der Waals surface area contributed by atoms with Crippen LogP contribution in [0, 0.1) is 0 Å². The van der Waals surface area contributed by atoms with Crippen molar-refractivity contribution in [2.75, 3.05) is 11.9 Å². The number of hydrogen-bond donors (Lipinski definition) is 2. The Kier molecular flexibility index (Phi) is 4.33. The van der Waals surface area contributed by atoms with Crippen LogP contribution in [0.4, 0.5) is 5.69 Å². The molecule has 124 valence electrons.